The summed E-state index contributed by atoms with van der Waals surface area (Å²) in [6.07, 6.45) is 2.89. The van der Waals surface area contributed by atoms with Crippen LogP contribution in [0.4, 0.5) is 10.5 Å². The zero-order valence-corrected chi connectivity index (χ0v) is 29.4. The summed E-state index contributed by atoms with van der Waals surface area (Å²) in [5.74, 6) is 2.01. The standard InChI is InChI=1S/C27H35N3O4.C8H16ClNO2/c1-17-5-8-20(14-25(17)33-4)29-26(31)19-6-9-21(10-7-19)30-16-24-18(2)13-22(34-12-11-28-3)15-23(24)27(30)32;1-8(2,3)12-7(11)10(4)6-5-9/h5,8,13-15,19,21,28H,6-7,9-12,16H2,1-4H3,(H,29,31);5-6H2,1-4H3. The van der Waals surface area contributed by atoms with Crippen LogP contribution in [0.25, 0.3) is 0 Å². The van der Waals surface area contributed by atoms with Gasteiger partial charge in [0, 0.05) is 61.8 Å². The highest BCUT2D eigenvalue weighted by Gasteiger charge is 2.37. The first kappa shape index (κ1) is 37.0. The van der Waals surface area contributed by atoms with Gasteiger partial charge < -0.3 is 34.6 Å². The number of nitrogens with zero attached hydrogens (tertiary/aromatic N) is 2. The van der Waals surface area contributed by atoms with Gasteiger partial charge in [-0.25, -0.2) is 4.79 Å². The summed E-state index contributed by atoms with van der Waals surface area (Å²) in [6, 6.07) is 9.78. The number of carbonyl (C=O) groups is 3. The molecule has 0 atom stereocenters. The zero-order valence-electron chi connectivity index (χ0n) is 28.6. The summed E-state index contributed by atoms with van der Waals surface area (Å²) in [6.45, 7) is 12.0. The first-order valence-corrected chi connectivity index (χ1v) is 16.5. The lowest BCUT2D eigenvalue weighted by atomic mass is 9.84. The van der Waals surface area contributed by atoms with Crippen LogP contribution in [0.2, 0.25) is 0 Å². The van der Waals surface area contributed by atoms with Gasteiger partial charge in [-0.15, -0.1) is 11.6 Å². The topological polar surface area (TPSA) is 109 Å². The van der Waals surface area contributed by atoms with Crippen LogP contribution in [-0.2, 0) is 16.1 Å². The van der Waals surface area contributed by atoms with Gasteiger partial charge in [0.25, 0.3) is 5.91 Å². The Morgan fingerprint density at radius 3 is 2.37 bits per heavy atom. The Morgan fingerprint density at radius 1 is 1.07 bits per heavy atom. The van der Waals surface area contributed by atoms with Crippen molar-refractivity contribution in [2.24, 2.45) is 5.92 Å². The lowest BCUT2D eigenvalue weighted by Gasteiger charge is -2.34. The number of carbonyl (C=O) groups excluding carboxylic acids is 3. The van der Waals surface area contributed by atoms with Crippen molar-refractivity contribution in [2.75, 3.05) is 52.1 Å². The molecule has 1 fully saturated rings. The van der Waals surface area contributed by atoms with Crippen LogP contribution in [-0.4, -0.2) is 86.1 Å². The van der Waals surface area contributed by atoms with Crippen LogP contribution in [0.5, 0.6) is 11.5 Å². The molecule has 1 saturated carbocycles. The average Bonchev–Trinajstić information content (AvgIpc) is 3.34. The molecule has 2 N–H and O–H groups in total. The minimum Gasteiger partial charge on any atom is -0.496 e. The maximum atomic E-state index is 13.2. The number of nitrogens with one attached hydrogen (secondary N) is 2. The summed E-state index contributed by atoms with van der Waals surface area (Å²) < 4.78 is 16.2. The second-order valence-electron chi connectivity index (χ2n) is 12.9. The molecule has 1 heterocycles. The van der Waals surface area contributed by atoms with Crippen LogP contribution in [0.1, 0.15) is 73.5 Å². The number of amides is 3. The molecule has 10 nitrogen and oxygen atoms in total. The molecule has 0 aromatic heterocycles. The van der Waals surface area contributed by atoms with Gasteiger partial charge in [0.05, 0.1) is 7.11 Å². The van der Waals surface area contributed by atoms with Gasteiger partial charge in [0.1, 0.15) is 23.7 Å². The molecule has 46 heavy (non-hydrogen) atoms. The van der Waals surface area contributed by atoms with Crippen molar-refractivity contribution in [1.82, 2.24) is 15.1 Å². The Labute approximate surface area is 279 Å². The van der Waals surface area contributed by atoms with E-state index < -0.39 is 5.60 Å². The van der Waals surface area contributed by atoms with E-state index in [2.05, 4.69) is 10.6 Å². The van der Waals surface area contributed by atoms with Crippen molar-refractivity contribution in [3.8, 4) is 11.5 Å². The number of methoxy groups -OCH3 is 1. The highest BCUT2D eigenvalue weighted by atomic mass is 35.5. The number of rotatable bonds is 10. The van der Waals surface area contributed by atoms with E-state index in [1.165, 1.54) is 4.90 Å². The van der Waals surface area contributed by atoms with Crippen LogP contribution >= 0.6 is 11.6 Å². The molecule has 1 aliphatic heterocycles. The second-order valence-corrected chi connectivity index (χ2v) is 13.3. The van der Waals surface area contributed by atoms with Crippen molar-refractivity contribution in [3.05, 3.63) is 52.6 Å². The SMILES string of the molecule is CN(CCCl)C(=O)OC(C)(C)C.CNCCOc1cc(C)c2c(c1)C(=O)N(C1CCC(C(=O)Nc3ccc(C)c(OC)c3)CC1)C2. The Hall–Kier alpha value is -3.50. The van der Waals surface area contributed by atoms with Crippen LogP contribution < -0.4 is 20.1 Å². The van der Waals surface area contributed by atoms with Gasteiger partial charge in [-0.05, 0) is 102 Å². The number of aryl methyl sites for hydroxylation is 2. The maximum Gasteiger partial charge on any atom is 0.410 e. The normalized spacial score (nSPS) is 17.4. The van der Waals surface area contributed by atoms with E-state index in [1.54, 1.807) is 14.2 Å². The van der Waals surface area contributed by atoms with E-state index >= 15 is 0 Å². The number of likely N-dealkylation sites (N-methyl/N-ethyl adjacent to an activating group) is 1. The lowest BCUT2D eigenvalue weighted by molar-refractivity contribution is -0.121. The van der Waals surface area contributed by atoms with E-state index in [0.29, 0.717) is 25.6 Å². The largest absolute Gasteiger partial charge is 0.496 e. The summed E-state index contributed by atoms with van der Waals surface area (Å²) >= 11 is 5.46. The van der Waals surface area contributed by atoms with Crippen molar-refractivity contribution in [3.63, 3.8) is 0 Å². The molecule has 0 spiro atoms. The fraction of sp³-hybridized carbons (Fsp3) is 0.571. The zero-order chi connectivity index (χ0) is 34.0. The summed E-state index contributed by atoms with van der Waals surface area (Å²) in [7, 11) is 5.18. The molecule has 0 unspecified atom stereocenters. The number of benzene rings is 2. The van der Waals surface area contributed by atoms with Crippen molar-refractivity contribution >= 4 is 35.2 Å². The minimum atomic E-state index is -0.433. The summed E-state index contributed by atoms with van der Waals surface area (Å²) in [4.78, 5) is 40.7. The number of ether oxygens (including phenoxy) is 3. The van der Waals surface area contributed by atoms with Gasteiger partial charge in [0.2, 0.25) is 5.91 Å². The van der Waals surface area contributed by atoms with E-state index in [4.69, 9.17) is 25.8 Å². The predicted octanol–water partition coefficient (Wildman–Crippen LogP) is 6.16. The molecule has 0 bridgehead atoms. The van der Waals surface area contributed by atoms with E-state index in [0.717, 1.165) is 71.7 Å². The number of fused-ring (bicyclic) bond motifs is 1. The van der Waals surface area contributed by atoms with E-state index in [-0.39, 0.29) is 29.9 Å². The molecule has 3 amide bonds. The Morgan fingerprint density at radius 2 is 1.76 bits per heavy atom. The highest BCUT2D eigenvalue weighted by molar-refractivity contribution is 6.18. The highest BCUT2D eigenvalue weighted by Crippen LogP contribution is 2.36. The fourth-order valence-electron chi connectivity index (χ4n) is 5.58. The molecule has 1 aliphatic carbocycles. The number of anilines is 1. The van der Waals surface area contributed by atoms with E-state index in [1.807, 2.05) is 76.9 Å². The van der Waals surface area contributed by atoms with Gasteiger partial charge in [0.15, 0.2) is 0 Å². The fourth-order valence-corrected chi connectivity index (χ4v) is 5.83. The maximum absolute atomic E-state index is 13.2. The molecule has 11 heteroatoms. The molecule has 254 valence electrons. The van der Waals surface area contributed by atoms with Crippen LogP contribution in [0.15, 0.2) is 30.3 Å². The quantitative estimate of drug-likeness (QED) is 0.233. The second kappa shape index (κ2) is 16.9. The molecule has 2 aromatic rings. The van der Waals surface area contributed by atoms with Gasteiger partial charge >= 0.3 is 6.09 Å². The number of halogens is 1. The first-order valence-electron chi connectivity index (χ1n) is 15.9. The number of alkyl halides is 1. The van der Waals surface area contributed by atoms with Crippen molar-refractivity contribution < 1.29 is 28.6 Å². The first-order chi connectivity index (χ1) is 21.8. The number of hydrogen-bond donors (Lipinski definition) is 2. The summed E-state index contributed by atoms with van der Waals surface area (Å²) in [5, 5.41) is 6.10. The molecular formula is C35H51ClN4O6. The molecular weight excluding hydrogens is 608 g/mol. The van der Waals surface area contributed by atoms with E-state index in [9.17, 15) is 14.4 Å². The van der Waals surface area contributed by atoms with Crippen molar-refractivity contribution in [1.29, 1.82) is 0 Å². The monoisotopic (exact) mass is 658 g/mol. The third-order valence-electron chi connectivity index (χ3n) is 8.20. The molecule has 2 aromatic carbocycles. The molecule has 4 rings (SSSR count). The predicted molar refractivity (Wildman–Crippen MR) is 182 cm³/mol. The minimum absolute atomic E-state index is 0.0413. The third kappa shape index (κ3) is 10.3. The average molecular weight is 659 g/mol. The third-order valence-corrected chi connectivity index (χ3v) is 8.36. The van der Waals surface area contributed by atoms with Gasteiger partial charge in [-0.2, -0.15) is 0 Å². The summed E-state index contributed by atoms with van der Waals surface area (Å²) in [5.41, 5.74) is 4.30. The Bertz CT molecular complexity index is 1350. The molecule has 0 saturated heterocycles. The van der Waals surface area contributed by atoms with Crippen molar-refractivity contribution in [2.45, 2.75) is 78.5 Å². The Balaban J connectivity index is 0.000000409. The molecule has 2 aliphatic rings. The van der Waals surface area contributed by atoms with Gasteiger partial charge in [-0.1, -0.05) is 6.07 Å². The number of hydrogen-bond acceptors (Lipinski definition) is 7. The smallest absolute Gasteiger partial charge is 0.410 e. The Kier molecular flexibility index (Phi) is 13.6. The molecule has 0 radical (unpaired) electrons. The lowest BCUT2D eigenvalue weighted by Crippen LogP contribution is -2.40. The van der Waals surface area contributed by atoms with Crippen LogP contribution in [0.3, 0.4) is 0 Å². The van der Waals surface area contributed by atoms with Gasteiger partial charge in [-0.3, -0.25) is 9.59 Å². The van der Waals surface area contributed by atoms with Crippen LogP contribution in [0, 0.1) is 19.8 Å².